The average molecular weight is 348 g/mol. The van der Waals surface area contributed by atoms with Crippen LogP contribution in [0.2, 0.25) is 0 Å². The van der Waals surface area contributed by atoms with Gasteiger partial charge in [-0.2, -0.15) is 0 Å². The maximum atomic E-state index is 12.4. The smallest absolute Gasteiger partial charge is 0.251 e. The lowest BCUT2D eigenvalue weighted by atomic mass is 10.1. The van der Waals surface area contributed by atoms with E-state index in [0.717, 1.165) is 11.3 Å². The number of amides is 2. The predicted molar refractivity (Wildman–Crippen MR) is 100 cm³/mol. The Morgan fingerprint density at radius 3 is 2.31 bits per heavy atom. The second-order valence-corrected chi connectivity index (χ2v) is 6.02. The van der Waals surface area contributed by atoms with Crippen molar-refractivity contribution < 1.29 is 9.59 Å². The molecule has 0 saturated heterocycles. The molecule has 26 heavy (non-hydrogen) atoms. The van der Waals surface area contributed by atoms with E-state index in [9.17, 15) is 9.59 Å². The van der Waals surface area contributed by atoms with Crippen LogP contribution in [0.3, 0.4) is 0 Å². The highest BCUT2D eigenvalue weighted by molar-refractivity contribution is 5.95. The highest BCUT2D eigenvalue weighted by atomic mass is 16.2. The fourth-order valence-electron chi connectivity index (χ4n) is 2.62. The number of hydrogen-bond acceptors (Lipinski definition) is 3. The van der Waals surface area contributed by atoms with Crippen LogP contribution in [-0.2, 0) is 4.79 Å². The van der Waals surface area contributed by atoms with E-state index in [1.165, 1.54) is 6.92 Å². The lowest BCUT2D eigenvalue weighted by Gasteiger charge is -2.15. The molecule has 1 aromatic heterocycles. The van der Waals surface area contributed by atoms with Gasteiger partial charge in [0.05, 0.1) is 12.4 Å². The molecule has 3 aromatic rings. The lowest BCUT2D eigenvalue weighted by molar-refractivity contribution is -0.114. The largest absolute Gasteiger partial charge is 0.346 e. The number of carbonyl (C=O) groups is 2. The van der Waals surface area contributed by atoms with E-state index < -0.39 is 0 Å². The first-order chi connectivity index (χ1) is 12.5. The molecule has 2 aromatic carbocycles. The first-order valence-electron chi connectivity index (χ1n) is 8.30. The van der Waals surface area contributed by atoms with Crippen molar-refractivity contribution in [3.05, 3.63) is 78.4 Å². The van der Waals surface area contributed by atoms with Gasteiger partial charge in [0.1, 0.15) is 0 Å². The molecule has 0 radical (unpaired) electrons. The van der Waals surface area contributed by atoms with Gasteiger partial charge in [0, 0.05) is 36.3 Å². The predicted octanol–water partition coefficient (Wildman–Crippen LogP) is 3.32. The summed E-state index contributed by atoms with van der Waals surface area (Å²) < 4.78 is 1.92. The fourth-order valence-corrected chi connectivity index (χ4v) is 2.62. The van der Waals surface area contributed by atoms with Crippen molar-refractivity contribution in [1.82, 2.24) is 14.9 Å². The van der Waals surface area contributed by atoms with E-state index in [2.05, 4.69) is 15.6 Å². The third-order valence-corrected chi connectivity index (χ3v) is 4.01. The SMILES string of the molecule is CC(=O)Nc1ccc(C(=O)N[C@@H](C)c2ccc(-n3ccnc3)cc2)cc1. The molecule has 0 aliphatic carbocycles. The molecule has 6 heteroatoms. The van der Waals surface area contributed by atoms with Gasteiger partial charge in [-0.1, -0.05) is 12.1 Å². The Morgan fingerprint density at radius 1 is 1.04 bits per heavy atom. The minimum atomic E-state index is -0.162. The van der Waals surface area contributed by atoms with E-state index >= 15 is 0 Å². The van der Waals surface area contributed by atoms with E-state index in [1.54, 1.807) is 36.8 Å². The molecule has 0 fully saturated rings. The van der Waals surface area contributed by atoms with E-state index in [0.29, 0.717) is 11.3 Å². The summed E-state index contributed by atoms with van der Waals surface area (Å²) in [6, 6.07) is 14.6. The summed E-state index contributed by atoms with van der Waals surface area (Å²) in [4.78, 5) is 27.5. The standard InChI is InChI=1S/C20H20N4O2/c1-14(16-5-9-19(10-6-16)24-12-11-21-13-24)22-20(26)17-3-7-18(8-4-17)23-15(2)25/h3-14H,1-2H3,(H,22,26)(H,23,25)/t14-/m0/s1. The third-order valence-electron chi connectivity index (χ3n) is 4.01. The van der Waals surface area contributed by atoms with Crippen molar-refractivity contribution in [2.24, 2.45) is 0 Å². The summed E-state index contributed by atoms with van der Waals surface area (Å²) >= 11 is 0. The Bertz CT molecular complexity index is 885. The maximum absolute atomic E-state index is 12.4. The molecule has 0 aliphatic heterocycles. The quantitative estimate of drug-likeness (QED) is 0.743. The molecule has 2 amide bonds. The van der Waals surface area contributed by atoms with Crippen LogP contribution in [0.1, 0.15) is 35.8 Å². The number of rotatable bonds is 5. The molecular formula is C20H20N4O2. The van der Waals surface area contributed by atoms with Gasteiger partial charge >= 0.3 is 0 Å². The first-order valence-corrected chi connectivity index (χ1v) is 8.30. The maximum Gasteiger partial charge on any atom is 0.251 e. The minimum absolute atomic E-state index is 0.130. The second-order valence-electron chi connectivity index (χ2n) is 6.02. The number of nitrogens with zero attached hydrogens (tertiary/aromatic N) is 2. The molecule has 0 spiro atoms. The fraction of sp³-hybridized carbons (Fsp3) is 0.150. The van der Waals surface area contributed by atoms with Crippen molar-refractivity contribution in [2.45, 2.75) is 19.9 Å². The molecule has 0 unspecified atom stereocenters. The van der Waals surface area contributed by atoms with Gasteiger partial charge in [0.15, 0.2) is 0 Å². The summed E-state index contributed by atoms with van der Waals surface area (Å²) in [6.07, 6.45) is 5.35. The minimum Gasteiger partial charge on any atom is -0.346 e. The van der Waals surface area contributed by atoms with Crippen LogP contribution >= 0.6 is 0 Å². The summed E-state index contributed by atoms with van der Waals surface area (Å²) in [6.45, 7) is 3.39. The Balaban J connectivity index is 1.64. The van der Waals surface area contributed by atoms with Crippen LogP contribution in [0.15, 0.2) is 67.3 Å². The van der Waals surface area contributed by atoms with Gasteiger partial charge in [0.2, 0.25) is 5.91 Å². The summed E-state index contributed by atoms with van der Waals surface area (Å²) in [5, 5.41) is 5.66. The summed E-state index contributed by atoms with van der Waals surface area (Å²) in [5.74, 6) is -0.305. The number of nitrogens with one attached hydrogen (secondary N) is 2. The zero-order valence-electron chi connectivity index (χ0n) is 14.6. The van der Waals surface area contributed by atoms with E-state index in [4.69, 9.17) is 0 Å². The molecule has 0 bridgehead atoms. The van der Waals surface area contributed by atoms with Crippen molar-refractivity contribution >= 4 is 17.5 Å². The van der Waals surface area contributed by atoms with Crippen molar-refractivity contribution in [3.8, 4) is 5.69 Å². The number of aromatic nitrogens is 2. The van der Waals surface area contributed by atoms with Gasteiger partial charge in [-0.3, -0.25) is 9.59 Å². The Labute approximate surface area is 151 Å². The van der Waals surface area contributed by atoms with Crippen molar-refractivity contribution in [3.63, 3.8) is 0 Å². The number of carbonyl (C=O) groups excluding carboxylic acids is 2. The van der Waals surface area contributed by atoms with Crippen LogP contribution in [0.5, 0.6) is 0 Å². The van der Waals surface area contributed by atoms with E-state index in [-0.39, 0.29) is 17.9 Å². The van der Waals surface area contributed by atoms with E-state index in [1.807, 2.05) is 42.0 Å². The van der Waals surface area contributed by atoms with Crippen LogP contribution in [0, 0.1) is 0 Å². The van der Waals surface area contributed by atoms with Crippen molar-refractivity contribution in [1.29, 1.82) is 0 Å². The van der Waals surface area contributed by atoms with Crippen LogP contribution in [-0.4, -0.2) is 21.4 Å². The third kappa shape index (κ3) is 4.16. The molecule has 132 valence electrons. The Morgan fingerprint density at radius 2 is 1.73 bits per heavy atom. The normalized spacial score (nSPS) is 11.6. The number of benzene rings is 2. The van der Waals surface area contributed by atoms with Gasteiger partial charge in [-0.05, 0) is 48.9 Å². The molecule has 1 heterocycles. The van der Waals surface area contributed by atoms with Gasteiger partial charge in [-0.15, -0.1) is 0 Å². The number of imidazole rings is 1. The molecule has 1 atom stereocenters. The first kappa shape index (κ1) is 17.4. The lowest BCUT2D eigenvalue weighted by Crippen LogP contribution is -2.26. The highest BCUT2D eigenvalue weighted by Gasteiger charge is 2.12. The van der Waals surface area contributed by atoms with Crippen LogP contribution in [0.4, 0.5) is 5.69 Å². The van der Waals surface area contributed by atoms with Gasteiger partial charge in [0.25, 0.3) is 5.91 Å². The molecule has 0 saturated carbocycles. The number of anilines is 1. The Kier molecular flexibility index (Phi) is 5.12. The van der Waals surface area contributed by atoms with Crippen LogP contribution < -0.4 is 10.6 Å². The van der Waals surface area contributed by atoms with Gasteiger partial charge in [-0.25, -0.2) is 4.98 Å². The zero-order chi connectivity index (χ0) is 18.5. The molecule has 0 aliphatic rings. The Hall–Kier alpha value is -3.41. The average Bonchev–Trinajstić information content (AvgIpc) is 3.16. The molecule has 2 N–H and O–H groups in total. The highest BCUT2D eigenvalue weighted by Crippen LogP contribution is 2.17. The summed E-state index contributed by atoms with van der Waals surface area (Å²) in [7, 11) is 0. The van der Waals surface area contributed by atoms with Crippen molar-refractivity contribution in [2.75, 3.05) is 5.32 Å². The van der Waals surface area contributed by atoms with Crippen LogP contribution in [0.25, 0.3) is 5.69 Å². The molecule has 3 rings (SSSR count). The van der Waals surface area contributed by atoms with Gasteiger partial charge < -0.3 is 15.2 Å². The molecule has 6 nitrogen and oxygen atoms in total. The topological polar surface area (TPSA) is 76.0 Å². The monoisotopic (exact) mass is 348 g/mol. The zero-order valence-corrected chi connectivity index (χ0v) is 14.6. The second kappa shape index (κ2) is 7.65. The summed E-state index contributed by atoms with van der Waals surface area (Å²) in [5.41, 5.74) is 3.23. The molecular weight excluding hydrogens is 328 g/mol. The number of hydrogen-bond donors (Lipinski definition) is 2.